The molecule has 3 N–H and O–H groups in total. The molecule has 3 heterocycles. The minimum absolute atomic E-state index is 0.0503. The number of aromatic nitrogens is 3. The molecule has 3 aromatic rings. The predicted octanol–water partition coefficient (Wildman–Crippen LogP) is 4.30. The summed E-state index contributed by atoms with van der Waals surface area (Å²) in [6.45, 7) is 2.44. The van der Waals surface area contributed by atoms with Crippen molar-refractivity contribution in [2.24, 2.45) is 0 Å². The monoisotopic (exact) mass is 442 g/mol. The number of benzene rings is 1. The van der Waals surface area contributed by atoms with E-state index in [2.05, 4.69) is 30.9 Å². The van der Waals surface area contributed by atoms with Crippen LogP contribution >= 0.6 is 0 Å². The van der Waals surface area contributed by atoms with Crippen molar-refractivity contribution in [3.63, 3.8) is 0 Å². The number of carbonyl (C=O) groups is 1. The Hall–Kier alpha value is -3.69. The number of alkyl halides is 3. The minimum Gasteiger partial charge on any atom is -0.366 e. The van der Waals surface area contributed by atoms with E-state index in [0.29, 0.717) is 24.5 Å². The highest BCUT2D eigenvalue weighted by Crippen LogP contribution is 2.30. The van der Waals surface area contributed by atoms with E-state index in [0.717, 1.165) is 35.4 Å². The number of nitrogens with zero attached hydrogens (tertiary/aromatic N) is 3. The second kappa shape index (κ2) is 8.81. The fourth-order valence-electron chi connectivity index (χ4n) is 3.48. The zero-order valence-electron chi connectivity index (χ0n) is 17.2. The maximum atomic E-state index is 12.9. The first kappa shape index (κ1) is 21.5. The summed E-state index contributed by atoms with van der Waals surface area (Å²) >= 11 is 0. The summed E-state index contributed by atoms with van der Waals surface area (Å²) in [5.74, 6) is 0.600. The minimum atomic E-state index is -4.54. The molecular formula is C22H21F3N6O. The molecule has 2 aromatic heterocycles. The Morgan fingerprint density at radius 1 is 1.06 bits per heavy atom. The van der Waals surface area contributed by atoms with Crippen molar-refractivity contribution >= 4 is 23.4 Å². The highest BCUT2D eigenvalue weighted by Gasteiger charge is 2.32. The van der Waals surface area contributed by atoms with Crippen molar-refractivity contribution in [1.82, 2.24) is 20.3 Å². The van der Waals surface area contributed by atoms with Gasteiger partial charge in [0.1, 0.15) is 11.5 Å². The maximum Gasteiger partial charge on any atom is 0.433 e. The number of pyridine rings is 1. The number of nitrogens with one attached hydrogen (secondary N) is 3. The Balaban J connectivity index is 1.55. The second-order valence-electron chi connectivity index (χ2n) is 7.59. The zero-order valence-corrected chi connectivity index (χ0v) is 17.2. The maximum absolute atomic E-state index is 12.9. The molecule has 1 saturated heterocycles. The van der Waals surface area contributed by atoms with Crippen LogP contribution in [0.2, 0.25) is 0 Å². The zero-order chi connectivity index (χ0) is 22.7. The van der Waals surface area contributed by atoms with Crippen molar-refractivity contribution in [2.45, 2.75) is 32.0 Å². The van der Waals surface area contributed by atoms with Gasteiger partial charge in [0, 0.05) is 37.1 Å². The first-order valence-electron chi connectivity index (χ1n) is 10.0. The number of halogens is 3. The topological polar surface area (TPSA) is 91.8 Å². The van der Waals surface area contributed by atoms with Crippen LogP contribution in [0, 0.1) is 6.92 Å². The van der Waals surface area contributed by atoms with E-state index in [1.165, 1.54) is 0 Å². The van der Waals surface area contributed by atoms with Crippen molar-refractivity contribution in [1.29, 1.82) is 0 Å². The van der Waals surface area contributed by atoms with Gasteiger partial charge in [0.25, 0.3) is 0 Å². The van der Waals surface area contributed by atoms with Gasteiger partial charge in [0.05, 0.1) is 0 Å². The Kier molecular flexibility index (Phi) is 5.93. The molecule has 1 aliphatic heterocycles. The van der Waals surface area contributed by atoms with Gasteiger partial charge < -0.3 is 16.0 Å². The SMILES string of the molecule is Cc1cc(Nc2nccc(C(F)(F)F)n2)cc(-c2ccnc(N[C@H]3CCC(=O)NC3)c2)c1. The van der Waals surface area contributed by atoms with E-state index < -0.39 is 11.9 Å². The first-order chi connectivity index (χ1) is 15.3. The molecule has 0 unspecified atom stereocenters. The van der Waals surface area contributed by atoms with Gasteiger partial charge in [-0.1, -0.05) is 6.07 Å². The molecule has 1 atom stereocenters. The van der Waals surface area contributed by atoms with Crippen molar-refractivity contribution in [2.75, 3.05) is 17.2 Å². The summed E-state index contributed by atoms with van der Waals surface area (Å²) in [6, 6.07) is 10.3. The second-order valence-corrected chi connectivity index (χ2v) is 7.59. The molecule has 1 aromatic carbocycles. The summed E-state index contributed by atoms with van der Waals surface area (Å²) in [5, 5.41) is 9.02. The number of aryl methyl sites for hydroxylation is 1. The third-order valence-corrected chi connectivity index (χ3v) is 4.99. The van der Waals surface area contributed by atoms with Crippen molar-refractivity contribution in [3.8, 4) is 11.1 Å². The number of carbonyl (C=O) groups excluding carboxylic acids is 1. The van der Waals surface area contributed by atoms with Crippen LogP contribution in [0.25, 0.3) is 11.1 Å². The summed E-state index contributed by atoms with van der Waals surface area (Å²) in [4.78, 5) is 23.1. The lowest BCUT2D eigenvalue weighted by molar-refractivity contribution is -0.141. The molecule has 4 rings (SSSR count). The number of hydrogen-bond donors (Lipinski definition) is 3. The molecule has 32 heavy (non-hydrogen) atoms. The molecule has 0 spiro atoms. The van der Waals surface area contributed by atoms with Crippen molar-refractivity contribution < 1.29 is 18.0 Å². The number of amides is 1. The van der Waals surface area contributed by atoms with Gasteiger partial charge in [0.15, 0.2) is 0 Å². The quantitative estimate of drug-likeness (QED) is 0.546. The molecule has 7 nitrogen and oxygen atoms in total. The Morgan fingerprint density at radius 3 is 2.62 bits per heavy atom. The number of piperidine rings is 1. The predicted molar refractivity (Wildman–Crippen MR) is 114 cm³/mol. The van der Waals surface area contributed by atoms with E-state index >= 15 is 0 Å². The average molecular weight is 442 g/mol. The Labute approximate surface area is 182 Å². The van der Waals surface area contributed by atoms with Crippen LogP contribution in [-0.4, -0.2) is 33.4 Å². The fraction of sp³-hybridized carbons (Fsp3) is 0.273. The van der Waals surface area contributed by atoms with Crippen LogP contribution in [0.3, 0.4) is 0 Å². The Bertz CT molecular complexity index is 1120. The third-order valence-electron chi connectivity index (χ3n) is 4.99. The van der Waals surface area contributed by atoms with E-state index in [9.17, 15) is 18.0 Å². The van der Waals surface area contributed by atoms with Gasteiger partial charge in [0.2, 0.25) is 11.9 Å². The molecule has 0 aliphatic carbocycles. The molecule has 0 radical (unpaired) electrons. The van der Waals surface area contributed by atoms with Gasteiger partial charge >= 0.3 is 6.18 Å². The van der Waals surface area contributed by atoms with Gasteiger partial charge in [-0.25, -0.2) is 15.0 Å². The average Bonchev–Trinajstić information content (AvgIpc) is 2.75. The molecule has 1 amide bonds. The lowest BCUT2D eigenvalue weighted by Gasteiger charge is -2.24. The van der Waals surface area contributed by atoms with Crippen LogP contribution in [0.1, 0.15) is 24.1 Å². The number of hydrogen-bond acceptors (Lipinski definition) is 6. The van der Waals surface area contributed by atoms with Gasteiger partial charge in [-0.2, -0.15) is 13.2 Å². The number of anilines is 3. The largest absolute Gasteiger partial charge is 0.433 e. The van der Waals surface area contributed by atoms with E-state index in [1.54, 1.807) is 12.3 Å². The molecule has 0 bridgehead atoms. The van der Waals surface area contributed by atoms with E-state index in [4.69, 9.17) is 0 Å². The smallest absolute Gasteiger partial charge is 0.366 e. The van der Waals surface area contributed by atoms with E-state index in [1.807, 2.05) is 31.2 Å². The van der Waals surface area contributed by atoms with Crippen LogP contribution in [0.5, 0.6) is 0 Å². The summed E-state index contributed by atoms with van der Waals surface area (Å²) in [6.07, 6.45) is -0.582. The number of rotatable bonds is 5. The van der Waals surface area contributed by atoms with E-state index in [-0.39, 0.29) is 17.9 Å². The highest BCUT2D eigenvalue weighted by atomic mass is 19.4. The van der Waals surface area contributed by atoms with Gasteiger partial charge in [-0.3, -0.25) is 4.79 Å². The van der Waals surface area contributed by atoms with Crippen LogP contribution in [-0.2, 0) is 11.0 Å². The normalized spacial score (nSPS) is 16.4. The molecular weight excluding hydrogens is 421 g/mol. The molecule has 1 aliphatic rings. The third kappa shape index (κ3) is 5.32. The molecule has 0 saturated carbocycles. The molecule has 10 heteroatoms. The molecule has 1 fully saturated rings. The first-order valence-corrected chi connectivity index (χ1v) is 10.0. The van der Waals surface area contributed by atoms with Gasteiger partial charge in [-0.15, -0.1) is 0 Å². The lowest BCUT2D eigenvalue weighted by Crippen LogP contribution is -2.42. The molecule has 166 valence electrons. The highest BCUT2D eigenvalue weighted by molar-refractivity contribution is 5.77. The Morgan fingerprint density at radius 2 is 1.88 bits per heavy atom. The standard InChI is InChI=1S/C22H21F3N6O/c1-13-8-15(10-17(9-13)30-21-27-7-5-18(31-21)22(23,24)25)14-4-6-26-19(11-14)29-16-2-3-20(32)28-12-16/h4-11,16H,2-3,12H2,1H3,(H,26,29)(H,28,32)(H,27,30,31)/t16-/m0/s1. The van der Waals surface area contributed by atoms with Crippen molar-refractivity contribution in [3.05, 3.63) is 60.0 Å². The summed E-state index contributed by atoms with van der Waals surface area (Å²) < 4.78 is 38.8. The summed E-state index contributed by atoms with van der Waals surface area (Å²) in [7, 11) is 0. The van der Waals surface area contributed by atoms with Crippen LogP contribution in [0.15, 0.2) is 48.8 Å². The van der Waals surface area contributed by atoms with Crippen LogP contribution in [0.4, 0.5) is 30.6 Å². The van der Waals surface area contributed by atoms with Crippen LogP contribution < -0.4 is 16.0 Å². The van der Waals surface area contributed by atoms with Gasteiger partial charge in [-0.05, 0) is 60.4 Å². The lowest BCUT2D eigenvalue weighted by atomic mass is 10.0. The summed E-state index contributed by atoms with van der Waals surface area (Å²) in [5.41, 5.74) is 2.23. The fourth-order valence-corrected chi connectivity index (χ4v) is 3.48.